The molecule has 4 N–H and O–H groups in total. The van der Waals surface area contributed by atoms with Gasteiger partial charge in [-0.1, -0.05) is 23.2 Å². The average molecular weight is 462 g/mol. The highest BCUT2D eigenvalue weighted by atomic mass is 35.5. The second kappa shape index (κ2) is 8.37. The van der Waals surface area contributed by atoms with E-state index in [1.54, 1.807) is 6.07 Å². The van der Waals surface area contributed by atoms with Crippen molar-refractivity contribution in [2.24, 2.45) is 0 Å². The Morgan fingerprint density at radius 1 is 1.06 bits per heavy atom. The zero-order valence-corrected chi connectivity index (χ0v) is 17.1. The number of halogens is 3. The van der Waals surface area contributed by atoms with Crippen LogP contribution in [-0.2, 0) is 9.59 Å². The summed E-state index contributed by atoms with van der Waals surface area (Å²) in [6, 6.07) is 9.93. The lowest BCUT2D eigenvalue weighted by molar-refractivity contribution is -0.123. The molecule has 158 valence electrons. The fraction of sp³-hybridized carbons (Fsp3) is 0.100. The van der Waals surface area contributed by atoms with Crippen LogP contribution in [0.15, 0.2) is 47.3 Å². The molecule has 1 aliphatic heterocycles. The lowest BCUT2D eigenvalue weighted by atomic mass is 9.92. The fourth-order valence-corrected chi connectivity index (χ4v) is 3.43. The van der Waals surface area contributed by atoms with Crippen LogP contribution in [0.4, 0.5) is 27.5 Å². The lowest BCUT2D eigenvalue weighted by Gasteiger charge is -2.23. The minimum atomic E-state index is -1.06. The number of amides is 2. The van der Waals surface area contributed by atoms with Crippen LogP contribution < -0.4 is 21.5 Å². The maximum Gasteiger partial charge on any atom is 0.258 e. The number of H-pyrrole nitrogens is 1. The Balaban J connectivity index is 1.63. The van der Waals surface area contributed by atoms with Crippen molar-refractivity contribution < 1.29 is 14.0 Å². The van der Waals surface area contributed by atoms with E-state index in [1.165, 1.54) is 36.4 Å². The van der Waals surface area contributed by atoms with E-state index in [2.05, 4.69) is 25.9 Å². The Labute approximate surface area is 184 Å². The molecule has 3 aromatic rings. The predicted octanol–water partition coefficient (Wildman–Crippen LogP) is 4.02. The Morgan fingerprint density at radius 2 is 1.77 bits per heavy atom. The van der Waals surface area contributed by atoms with Gasteiger partial charge in [-0.2, -0.15) is 4.98 Å². The predicted molar refractivity (Wildman–Crippen MR) is 116 cm³/mol. The second-order valence-electron chi connectivity index (χ2n) is 6.73. The van der Waals surface area contributed by atoms with Gasteiger partial charge in [-0.3, -0.25) is 19.4 Å². The summed E-state index contributed by atoms with van der Waals surface area (Å²) in [5.41, 5.74) is 0.275. The molecular formula is C20H14Cl2FN5O3. The summed E-state index contributed by atoms with van der Waals surface area (Å²) in [7, 11) is 0. The number of aromatic amines is 1. The highest BCUT2D eigenvalue weighted by Crippen LogP contribution is 2.31. The van der Waals surface area contributed by atoms with Crippen molar-refractivity contribution in [1.82, 2.24) is 9.97 Å². The Kier molecular flexibility index (Phi) is 5.62. The molecular weight excluding hydrogens is 448 g/mol. The molecule has 0 spiro atoms. The first-order valence-corrected chi connectivity index (χ1v) is 9.78. The summed E-state index contributed by atoms with van der Waals surface area (Å²) < 4.78 is 13.1. The fourth-order valence-electron chi connectivity index (χ4n) is 3.13. The maximum absolute atomic E-state index is 13.1. The van der Waals surface area contributed by atoms with E-state index in [0.717, 1.165) is 0 Å². The molecule has 1 aliphatic rings. The van der Waals surface area contributed by atoms with Gasteiger partial charge in [0.2, 0.25) is 17.8 Å². The zero-order valence-electron chi connectivity index (χ0n) is 15.6. The first kappa shape index (κ1) is 20.8. The van der Waals surface area contributed by atoms with Gasteiger partial charge < -0.3 is 16.0 Å². The zero-order chi connectivity index (χ0) is 22.1. The number of nitrogens with zero attached hydrogens (tertiary/aromatic N) is 1. The average Bonchev–Trinajstić information content (AvgIpc) is 2.71. The summed E-state index contributed by atoms with van der Waals surface area (Å²) >= 11 is 11.8. The van der Waals surface area contributed by atoms with E-state index in [1.807, 2.05) is 0 Å². The summed E-state index contributed by atoms with van der Waals surface area (Å²) in [4.78, 5) is 44.5. The van der Waals surface area contributed by atoms with Crippen LogP contribution >= 0.6 is 23.2 Å². The monoisotopic (exact) mass is 461 g/mol. The van der Waals surface area contributed by atoms with E-state index in [0.29, 0.717) is 16.4 Å². The van der Waals surface area contributed by atoms with Gasteiger partial charge >= 0.3 is 0 Å². The third-order valence-corrected chi connectivity index (χ3v) is 5.30. The Bertz CT molecular complexity index is 1250. The summed E-state index contributed by atoms with van der Waals surface area (Å²) in [5.74, 6) is -2.51. The van der Waals surface area contributed by atoms with E-state index in [9.17, 15) is 18.8 Å². The summed E-state index contributed by atoms with van der Waals surface area (Å²) in [6.45, 7) is 0. The number of nitrogens with one attached hydrogen (secondary N) is 4. The quantitative estimate of drug-likeness (QED) is 0.468. The Morgan fingerprint density at radius 3 is 2.48 bits per heavy atom. The standard InChI is InChI=1S/C20H14Cl2FN5O3/c21-13-6-5-11(7-14(13)22)24-18(30)12-8-15(29)26-17-16(12)19(31)28-20(27-17)25-10-3-1-9(23)2-4-10/h1-7,12H,8H2,(H,24,30)(H3,25,26,27,28,29,31)/t12-/m0/s1. The molecule has 0 radical (unpaired) electrons. The lowest BCUT2D eigenvalue weighted by Crippen LogP contribution is -2.36. The van der Waals surface area contributed by atoms with Gasteiger partial charge in [0.1, 0.15) is 11.6 Å². The number of carbonyl (C=O) groups is 2. The molecule has 0 fully saturated rings. The van der Waals surface area contributed by atoms with E-state index >= 15 is 0 Å². The molecule has 4 rings (SSSR count). The van der Waals surface area contributed by atoms with E-state index < -0.39 is 29.1 Å². The van der Waals surface area contributed by atoms with Gasteiger partial charge in [0.25, 0.3) is 5.56 Å². The van der Waals surface area contributed by atoms with Gasteiger partial charge in [0, 0.05) is 17.8 Å². The normalized spacial score (nSPS) is 15.1. The van der Waals surface area contributed by atoms with E-state index in [-0.39, 0.29) is 28.8 Å². The first-order valence-electron chi connectivity index (χ1n) is 9.03. The first-order chi connectivity index (χ1) is 14.8. The SMILES string of the molecule is O=C1C[C@H](C(=O)Nc2ccc(Cl)c(Cl)c2)c2c(nc(Nc3ccc(F)cc3)[nH]c2=O)N1. The largest absolute Gasteiger partial charge is 0.326 e. The highest BCUT2D eigenvalue weighted by molar-refractivity contribution is 6.42. The number of anilines is 4. The van der Waals surface area contributed by atoms with Crippen LogP contribution in [0.5, 0.6) is 0 Å². The summed E-state index contributed by atoms with van der Waals surface area (Å²) in [5, 5.41) is 8.54. The van der Waals surface area contributed by atoms with Crippen molar-refractivity contribution >= 4 is 58.2 Å². The molecule has 1 aromatic heterocycles. The van der Waals surface area contributed by atoms with E-state index in [4.69, 9.17) is 23.2 Å². The van der Waals surface area contributed by atoms with Gasteiger partial charge in [-0.15, -0.1) is 0 Å². The molecule has 2 amide bonds. The number of carbonyl (C=O) groups excluding carboxylic acids is 2. The summed E-state index contributed by atoms with van der Waals surface area (Å²) in [6.07, 6.45) is -0.227. The van der Waals surface area contributed by atoms with Crippen LogP contribution in [0.2, 0.25) is 10.0 Å². The molecule has 8 nitrogen and oxygen atoms in total. The number of aromatic nitrogens is 2. The third kappa shape index (κ3) is 4.52. The molecule has 0 saturated carbocycles. The number of rotatable bonds is 4. The number of hydrogen-bond donors (Lipinski definition) is 4. The van der Waals surface area contributed by atoms with Crippen molar-refractivity contribution in [2.45, 2.75) is 12.3 Å². The molecule has 1 atom stereocenters. The molecule has 11 heteroatoms. The molecule has 31 heavy (non-hydrogen) atoms. The van der Waals surface area contributed by atoms with Crippen LogP contribution in [0, 0.1) is 5.82 Å². The van der Waals surface area contributed by atoms with Crippen LogP contribution in [0.1, 0.15) is 17.9 Å². The van der Waals surface area contributed by atoms with Crippen LogP contribution in [0.3, 0.4) is 0 Å². The van der Waals surface area contributed by atoms with Crippen LogP contribution in [-0.4, -0.2) is 21.8 Å². The second-order valence-corrected chi connectivity index (χ2v) is 7.55. The van der Waals surface area contributed by atoms with Crippen LogP contribution in [0.25, 0.3) is 0 Å². The van der Waals surface area contributed by atoms with Crippen molar-refractivity contribution in [1.29, 1.82) is 0 Å². The van der Waals surface area contributed by atoms with Crippen molar-refractivity contribution in [2.75, 3.05) is 16.0 Å². The van der Waals surface area contributed by atoms with Gasteiger partial charge in [0.05, 0.1) is 21.5 Å². The van der Waals surface area contributed by atoms with Gasteiger partial charge in [-0.25, -0.2) is 4.39 Å². The Hall–Kier alpha value is -3.43. The molecule has 0 bridgehead atoms. The topological polar surface area (TPSA) is 116 Å². The third-order valence-electron chi connectivity index (χ3n) is 4.56. The number of fused-ring (bicyclic) bond motifs is 1. The molecule has 2 aromatic carbocycles. The molecule has 2 heterocycles. The van der Waals surface area contributed by atoms with Crippen molar-refractivity contribution in [3.05, 3.63) is 74.2 Å². The molecule has 0 unspecified atom stereocenters. The minimum absolute atomic E-state index is 0.0288. The van der Waals surface area contributed by atoms with Gasteiger partial charge in [0.15, 0.2) is 0 Å². The molecule has 0 aliphatic carbocycles. The minimum Gasteiger partial charge on any atom is -0.326 e. The highest BCUT2D eigenvalue weighted by Gasteiger charge is 2.34. The smallest absolute Gasteiger partial charge is 0.258 e. The van der Waals surface area contributed by atoms with Gasteiger partial charge in [-0.05, 0) is 42.5 Å². The number of benzene rings is 2. The number of hydrogen-bond acceptors (Lipinski definition) is 5. The maximum atomic E-state index is 13.1. The molecule has 0 saturated heterocycles. The van der Waals surface area contributed by atoms with Crippen molar-refractivity contribution in [3.8, 4) is 0 Å². The van der Waals surface area contributed by atoms with Crippen molar-refractivity contribution in [3.63, 3.8) is 0 Å².